The summed E-state index contributed by atoms with van der Waals surface area (Å²) in [7, 11) is -2.53. The van der Waals surface area contributed by atoms with Crippen LogP contribution in [0.15, 0.2) is 115 Å². The lowest BCUT2D eigenvalue weighted by Crippen LogP contribution is -2.25. The van der Waals surface area contributed by atoms with Crippen molar-refractivity contribution in [3.63, 3.8) is 0 Å². The van der Waals surface area contributed by atoms with Gasteiger partial charge in [0.1, 0.15) is 7.80 Å². The van der Waals surface area contributed by atoms with Crippen LogP contribution in [0.5, 0.6) is 0 Å². The second kappa shape index (κ2) is 8.87. The zero-order valence-corrected chi connectivity index (χ0v) is 17.8. The summed E-state index contributed by atoms with van der Waals surface area (Å²) in [6, 6.07) is 31.4. The molecular formula is C25H24OP2. The van der Waals surface area contributed by atoms with Crippen LogP contribution in [0.2, 0.25) is 0 Å². The van der Waals surface area contributed by atoms with Gasteiger partial charge in [-0.1, -0.05) is 116 Å². The topological polar surface area (TPSA) is 17.1 Å². The first-order chi connectivity index (χ1) is 13.8. The first-order valence-electron chi connectivity index (χ1n) is 9.63. The zero-order valence-electron chi connectivity index (χ0n) is 15.9. The first kappa shape index (κ1) is 19.1. The van der Waals surface area contributed by atoms with Gasteiger partial charge in [0.05, 0.1) is 0 Å². The van der Waals surface area contributed by atoms with Crippen LogP contribution in [0, 0.1) is 5.92 Å². The molecule has 140 valence electrons. The maximum atomic E-state index is 13.3. The van der Waals surface area contributed by atoms with Crippen LogP contribution in [-0.2, 0) is 4.57 Å². The first-order valence-corrected chi connectivity index (χ1v) is 12.4. The normalized spacial score (nSPS) is 18.1. The Bertz CT molecular complexity index is 955. The van der Waals surface area contributed by atoms with Crippen molar-refractivity contribution in [2.24, 2.45) is 5.92 Å². The average Bonchev–Trinajstić information content (AvgIpc) is 3.25. The van der Waals surface area contributed by atoms with Gasteiger partial charge in [0.25, 0.3) is 0 Å². The molecule has 1 nitrogen and oxygen atoms in total. The molecule has 0 radical (unpaired) electrons. The lowest BCUT2D eigenvalue weighted by atomic mass is 10.1. The molecule has 3 atom stereocenters. The van der Waals surface area contributed by atoms with Gasteiger partial charge in [0, 0.05) is 11.2 Å². The van der Waals surface area contributed by atoms with Gasteiger partial charge in [-0.25, -0.2) is 0 Å². The van der Waals surface area contributed by atoms with Crippen molar-refractivity contribution in [2.75, 3.05) is 0 Å². The Morgan fingerprint density at radius 1 is 0.786 bits per heavy atom. The largest absolute Gasteiger partial charge is 0.317 e. The number of hydrogen-bond donors (Lipinski definition) is 0. The van der Waals surface area contributed by atoms with Gasteiger partial charge in [-0.3, -0.25) is 0 Å². The number of rotatable bonds is 6. The Hall–Kier alpha value is -2.20. The number of allylic oxidation sites excluding steroid dienone is 4. The maximum absolute atomic E-state index is 13.3. The van der Waals surface area contributed by atoms with E-state index in [4.69, 9.17) is 0 Å². The van der Waals surface area contributed by atoms with E-state index in [0.717, 1.165) is 10.6 Å². The zero-order chi connectivity index (χ0) is 19.3. The summed E-state index contributed by atoms with van der Waals surface area (Å²) in [5.41, 5.74) is 0.363. The van der Waals surface area contributed by atoms with Crippen molar-refractivity contribution in [3.05, 3.63) is 115 Å². The van der Waals surface area contributed by atoms with E-state index in [1.165, 1.54) is 10.6 Å². The van der Waals surface area contributed by atoms with Crippen LogP contribution in [0.4, 0.5) is 0 Å². The number of benzene rings is 3. The second-order valence-corrected chi connectivity index (χ2v) is 11.4. The molecule has 0 aliphatic heterocycles. The minimum Gasteiger partial charge on any atom is -0.317 e. The van der Waals surface area contributed by atoms with E-state index in [1.807, 2.05) is 30.3 Å². The SMILES string of the molecule is C[C@H](C1C=CC=C1[PH](=O)c1ccccc1)P(c1ccccc1)c1ccccc1. The molecule has 28 heavy (non-hydrogen) atoms. The Kier molecular flexibility index (Phi) is 6.06. The van der Waals surface area contributed by atoms with Gasteiger partial charge in [-0.05, 0) is 29.5 Å². The third-order valence-corrected chi connectivity index (χ3v) is 9.97. The molecule has 3 heteroatoms. The molecule has 0 saturated heterocycles. The quantitative estimate of drug-likeness (QED) is 0.500. The average molecular weight is 402 g/mol. The minimum absolute atomic E-state index is 0.207. The fraction of sp³-hybridized carbons (Fsp3) is 0.120. The molecule has 0 saturated carbocycles. The van der Waals surface area contributed by atoms with Gasteiger partial charge in [0.15, 0.2) is 0 Å². The lowest BCUT2D eigenvalue weighted by Gasteiger charge is -2.31. The van der Waals surface area contributed by atoms with E-state index in [2.05, 4.69) is 85.8 Å². The van der Waals surface area contributed by atoms with Crippen molar-refractivity contribution in [1.82, 2.24) is 0 Å². The molecule has 1 aliphatic rings. The summed E-state index contributed by atoms with van der Waals surface area (Å²) < 4.78 is 13.3. The standard InChI is InChI=1S/C25H24OP2/c1-20(24-18-11-19-25(24)28(26)23-16-9-4-10-17-23)27(21-12-5-2-6-13-21)22-14-7-3-8-15-22/h2-20,24,28H,1H3/t20-,24?/m1/s1. The Morgan fingerprint density at radius 3 is 1.82 bits per heavy atom. The van der Waals surface area contributed by atoms with Crippen LogP contribution in [-0.4, -0.2) is 5.66 Å². The van der Waals surface area contributed by atoms with Crippen LogP contribution < -0.4 is 15.9 Å². The second-order valence-electron chi connectivity index (χ2n) is 7.01. The van der Waals surface area contributed by atoms with E-state index >= 15 is 0 Å². The molecule has 3 aromatic carbocycles. The Balaban J connectivity index is 1.69. The van der Waals surface area contributed by atoms with E-state index in [9.17, 15) is 4.57 Å². The maximum Gasteiger partial charge on any atom is 0.128 e. The molecule has 0 N–H and O–H groups in total. The van der Waals surface area contributed by atoms with Gasteiger partial charge < -0.3 is 4.57 Å². The minimum atomic E-state index is -1.97. The van der Waals surface area contributed by atoms with Crippen molar-refractivity contribution in [2.45, 2.75) is 12.6 Å². The van der Waals surface area contributed by atoms with Crippen LogP contribution in [0.3, 0.4) is 0 Å². The highest BCUT2D eigenvalue weighted by Crippen LogP contribution is 2.51. The van der Waals surface area contributed by atoms with E-state index in [0.29, 0.717) is 5.66 Å². The molecule has 0 bridgehead atoms. The van der Waals surface area contributed by atoms with Gasteiger partial charge in [-0.15, -0.1) is 0 Å². The summed E-state index contributed by atoms with van der Waals surface area (Å²) >= 11 is 0. The summed E-state index contributed by atoms with van der Waals surface area (Å²) in [4.78, 5) is 0. The van der Waals surface area contributed by atoms with Gasteiger partial charge >= 0.3 is 0 Å². The van der Waals surface area contributed by atoms with Crippen LogP contribution in [0.25, 0.3) is 0 Å². The van der Waals surface area contributed by atoms with E-state index in [-0.39, 0.29) is 5.92 Å². The van der Waals surface area contributed by atoms with Crippen molar-refractivity contribution in [1.29, 1.82) is 0 Å². The molecule has 0 amide bonds. The molecule has 4 rings (SSSR count). The van der Waals surface area contributed by atoms with Gasteiger partial charge in [0.2, 0.25) is 0 Å². The Labute approximate surface area is 169 Å². The van der Waals surface area contributed by atoms with Crippen LogP contribution >= 0.6 is 15.7 Å². The summed E-state index contributed by atoms with van der Waals surface area (Å²) in [5, 5.41) is 4.77. The molecule has 0 fully saturated rings. The predicted molar refractivity (Wildman–Crippen MR) is 124 cm³/mol. The molecule has 0 aromatic heterocycles. The van der Waals surface area contributed by atoms with Crippen molar-refractivity contribution < 1.29 is 4.57 Å². The Morgan fingerprint density at radius 2 is 1.29 bits per heavy atom. The lowest BCUT2D eigenvalue weighted by molar-refractivity contribution is 0.593. The van der Waals surface area contributed by atoms with Crippen molar-refractivity contribution >= 4 is 31.6 Å². The highest BCUT2D eigenvalue weighted by atomic mass is 31.1. The summed E-state index contributed by atoms with van der Waals surface area (Å²) in [5.74, 6) is 0.207. The van der Waals surface area contributed by atoms with Crippen LogP contribution in [0.1, 0.15) is 6.92 Å². The smallest absolute Gasteiger partial charge is 0.128 e. The molecule has 0 heterocycles. The third-order valence-electron chi connectivity index (χ3n) is 5.25. The summed E-state index contributed by atoms with van der Waals surface area (Å²) in [6.07, 6.45) is 6.41. The highest BCUT2D eigenvalue weighted by molar-refractivity contribution is 7.73. The predicted octanol–water partition coefficient (Wildman–Crippen LogP) is 5.46. The fourth-order valence-electron chi connectivity index (χ4n) is 3.85. The van der Waals surface area contributed by atoms with E-state index < -0.39 is 15.7 Å². The third kappa shape index (κ3) is 3.97. The molecule has 3 aromatic rings. The molecule has 2 unspecified atom stereocenters. The van der Waals surface area contributed by atoms with E-state index in [1.54, 1.807) is 0 Å². The molecular weight excluding hydrogens is 378 g/mol. The molecule has 0 spiro atoms. The summed E-state index contributed by atoms with van der Waals surface area (Å²) in [6.45, 7) is 2.32. The monoisotopic (exact) mass is 402 g/mol. The molecule has 1 aliphatic carbocycles. The number of hydrogen-bond acceptors (Lipinski definition) is 1. The van der Waals surface area contributed by atoms with Crippen molar-refractivity contribution in [3.8, 4) is 0 Å². The van der Waals surface area contributed by atoms with Gasteiger partial charge in [-0.2, -0.15) is 0 Å². The fourth-order valence-corrected chi connectivity index (χ4v) is 8.53. The highest BCUT2D eigenvalue weighted by Gasteiger charge is 2.32.